The Morgan fingerprint density at radius 2 is 2.04 bits per heavy atom. The smallest absolute Gasteiger partial charge is 0.338 e. The Bertz CT molecular complexity index is 950. The van der Waals surface area contributed by atoms with Crippen LogP contribution in [0.4, 0.5) is 0 Å². The number of sulfonamides is 1. The molecule has 1 fully saturated rings. The first-order chi connectivity index (χ1) is 13.4. The van der Waals surface area contributed by atoms with Crippen LogP contribution in [-0.4, -0.2) is 40.1 Å². The van der Waals surface area contributed by atoms with Gasteiger partial charge in [-0.15, -0.1) is 0 Å². The molecule has 0 unspecified atom stereocenters. The minimum atomic E-state index is -3.83. The molecule has 0 bridgehead atoms. The summed E-state index contributed by atoms with van der Waals surface area (Å²) >= 11 is 0. The van der Waals surface area contributed by atoms with E-state index >= 15 is 0 Å². The van der Waals surface area contributed by atoms with Crippen LogP contribution in [0.3, 0.4) is 0 Å². The highest BCUT2D eigenvalue weighted by Gasteiger charge is 2.30. The van der Waals surface area contributed by atoms with Crippen LogP contribution in [0, 0.1) is 0 Å². The number of amides is 1. The number of carbonyl (C=O) groups is 2. The highest BCUT2D eigenvalue weighted by atomic mass is 32.2. The lowest BCUT2D eigenvalue weighted by Gasteiger charge is -2.12. The van der Waals surface area contributed by atoms with Gasteiger partial charge in [-0.25, -0.2) is 17.9 Å². The Hall–Kier alpha value is -2.85. The van der Waals surface area contributed by atoms with E-state index in [-0.39, 0.29) is 28.8 Å². The molecule has 2 N–H and O–H groups in total. The van der Waals surface area contributed by atoms with Gasteiger partial charge in [-0.2, -0.15) is 0 Å². The van der Waals surface area contributed by atoms with Crippen molar-refractivity contribution in [3.05, 3.63) is 47.9 Å². The van der Waals surface area contributed by atoms with E-state index in [2.05, 4.69) is 10.0 Å². The number of hydrogen-bond acceptors (Lipinski definition) is 7. The molecule has 2 aromatic rings. The third-order valence-corrected chi connectivity index (χ3v) is 5.50. The molecule has 1 aromatic carbocycles. The molecule has 0 saturated heterocycles. The fraction of sp³-hybridized carbons (Fsp3) is 0.333. The fourth-order valence-electron chi connectivity index (χ4n) is 2.36. The number of esters is 1. The molecule has 1 aromatic heterocycles. The highest BCUT2D eigenvalue weighted by Crippen LogP contribution is 2.28. The summed E-state index contributed by atoms with van der Waals surface area (Å²) in [5.41, 5.74) is -0.00388. The second-order valence-corrected chi connectivity index (χ2v) is 7.88. The number of furan rings is 1. The minimum Gasteiger partial charge on any atom is -0.495 e. The Kier molecular flexibility index (Phi) is 6.00. The monoisotopic (exact) mass is 408 g/mol. The zero-order valence-electron chi connectivity index (χ0n) is 15.1. The maximum absolute atomic E-state index is 12.5. The molecule has 0 aliphatic heterocycles. The number of benzene rings is 1. The van der Waals surface area contributed by atoms with Gasteiger partial charge in [0.25, 0.3) is 5.91 Å². The number of carbonyl (C=O) groups excluding carboxylic acids is 2. The van der Waals surface area contributed by atoms with Crippen molar-refractivity contribution >= 4 is 21.9 Å². The summed E-state index contributed by atoms with van der Waals surface area (Å²) < 4.78 is 42.6. The van der Waals surface area contributed by atoms with Gasteiger partial charge >= 0.3 is 5.97 Å². The zero-order chi connectivity index (χ0) is 20.1. The van der Waals surface area contributed by atoms with Gasteiger partial charge in [-0.05, 0) is 43.2 Å². The van der Waals surface area contributed by atoms with Crippen molar-refractivity contribution in [3.63, 3.8) is 0 Å². The van der Waals surface area contributed by atoms with Crippen LogP contribution in [0.25, 0.3) is 0 Å². The van der Waals surface area contributed by atoms with E-state index in [1.165, 1.54) is 31.6 Å². The predicted octanol–water partition coefficient (Wildman–Crippen LogP) is 1.20. The Balaban J connectivity index is 1.62. The topological polar surface area (TPSA) is 124 Å². The van der Waals surface area contributed by atoms with Crippen molar-refractivity contribution in [3.8, 4) is 5.75 Å². The highest BCUT2D eigenvalue weighted by molar-refractivity contribution is 7.89. The maximum atomic E-state index is 12.5. The Morgan fingerprint density at radius 3 is 2.68 bits per heavy atom. The van der Waals surface area contributed by atoms with Crippen molar-refractivity contribution in [2.24, 2.45) is 0 Å². The number of ether oxygens (including phenoxy) is 2. The third kappa shape index (κ3) is 5.11. The molecule has 1 aliphatic carbocycles. The summed E-state index contributed by atoms with van der Waals surface area (Å²) in [6, 6.07) is 7.21. The van der Waals surface area contributed by atoms with Crippen LogP contribution in [0.5, 0.6) is 5.75 Å². The molecular weight excluding hydrogens is 388 g/mol. The van der Waals surface area contributed by atoms with Gasteiger partial charge in [0.05, 0.1) is 25.5 Å². The van der Waals surface area contributed by atoms with E-state index in [0.29, 0.717) is 5.76 Å². The molecule has 10 heteroatoms. The van der Waals surface area contributed by atoms with Crippen LogP contribution in [0.2, 0.25) is 0 Å². The van der Waals surface area contributed by atoms with E-state index in [4.69, 9.17) is 13.9 Å². The van der Waals surface area contributed by atoms with Gasteiger partial charge in [-0.3, -0.25) is 4.79 Å². The quantitative estimate of drug-likeness (QED) is 0.598. The van der Waals surface area contributed by atoms with E-state index < -0.39 is 28.5 Å². The summed E-state index contributed by atoms with van der Waals surface area (Å²) in [6.07, 6.45) is 3.03. The maximum Gasteiger partial charge on any atom is 0.338 e. The summed E-state index contributed by atoms with van der Waals surface area (Å²) in [6.45, 7) is -0.338. The van der Waals surface area contributed by atoms with Crippen molar-refractivity contribution in [1.82, 2.24) is 10.0 Å². The second kappa shape index (κ2) is 8.44. The summed E-state index contributed by atoms with van der Waals surface area (Å²) in [5.74, 6) is -0.658. The zero-order valence-corrected chi connectivity index (χ0v) is 16.0. The lowest BCUT2D eigenvalue weighted by molar-refractivity contribution is -0.124. The SMILES string of the molecule is COc1ccc(C(=O)OCC(=O)NCc2ccco2)cc1S(=O)(=O)NC1CC1. The third-order valence-electron chi connectivity index (χ3n) is 3.96. The molecule has 3 rings (SSSR count). The number of hydrogen-bond donors (Lipinski definition) is 2. The molecule has 0 radical (unpaired) electrons. The first-order valence-corrected chi connectivity index (χ1v) is 10.0. The Morgan fingerprint density at radius 1 is 1.25 bits per heavy atom. The van der Waals surface area contributed by atoms with Gasteiger partial charge in [-0.1, -0.05) is 0 Å². The fourth-order valence-corrected chi connectivity index (χ4v) is 3.86. The summed E-state index contributed by atoms with van der Waals surface area (Å²) in [5, 5.41) is 2.54. The average molecular weight is 408 g/mol. The molecule has 0 spiro atoms. The first-order valence-electron chi connectivity index (χ1n) is 8.55. The van der Waals surface area contributed by atoms with Gasteiger partial charge in [0.1, 0.15) is 16.4 Å². The molecule has 150 valence electrons. The summed E-state index contributed by atoms with van der Waals surface area (Å²) in [7, 11) is -2.49. The normalized spacial score (nSPS) is 13.8. The van der Waals surface area contributed by atoms with Gasteiger partial charge in [0.15, 0.2) is 6.61 Å². The van der Waals surface area contributed by atoms with Gasteiger partial charge < -0.3 is 19.2 Å². The minimum absolute atomic E-state index is 0.00388. The molecule has 28 heavy (non-hydrogen) atoms. The van der Waals surface area contributed by atoms with E-state index in [0.717, 1.165) is 12.8 Å². The van der Waals surface area contributed by atoms with Crippen LogP contribution in [0.1, 0.15) is 29.0 Å². The molecular formula is C18H20N2O7S. The van der Waals surface area contributed by atoms with Crippen molar-refractivity contribution < 1.29 is 31.9 Å². The Labute approximate surface area is 162 Å². The lowest BCUT2D eigenvalue weighted by atomic mass is 10.2. The standard InChI is InChI=1S/C18H20N2O7S/c1-25-15-7-4-12(9-16(15)28(23,24)20-13-5-6-13)18(22)27-11-17(21)19-10-14-3-2-8-26-14/h2-4,7-9,13,20H,5-6,10-11H2,1H3,(H,19,21). The van der Waals surface area contributed by atoms with Gasteiger partial charge in [0.2, 0.25) is 10.0 Å². The number of nitrogens with one attached hydrogen (secondary N) is 2. The van der Waals surface area contributed by atoms with Gasteiger partial charge in [0, 0.05) is 6.04 Å². The molecule has 1 saturated carbocycles. The van der Waals surface area contributed by atoms with Crippen LogP contribution in [0.15, 0.2) is 45.9 Å². The van der Waals surface area contributed by atoms with Crippen LogP contribution in [-0.2, 0) is 26.1 Å². The average Bonchev–Trinajstić information content (AvgIpc) is 3.32. The first kappa shape index (κ1) is 19.9. The van der Waals surface area contributed by atoms with Crippen LogP contribution >= 0.6 is 0 Å². The van der Waals surface area contributed by atoms with E-state index in [1.54, 1.807) is 12.1 Å². The van der Waals surface area contributed by atoms with Crippen LogP contribution < -0.4 is 14.8 Å². The molecule has 1 amide bonds. The van der Waals surface area contributed by atoms with E-state index in [9.17, 15) is 18.0 Å². The second-order valence-electron chi connectivity index (χ2n) is 6.19. The summed E-state index contributed by atoms with van der Waals surface area (Å²) in [4.78, 5) is 23.8. The van der Waals surface area contributed by atoms with Crippen molar-refractivity contribution in [2.75, 3.05) is 13.7 Å². The predicted molar refractivity (Wildman–Crippen MR) is 97.2 cm³/mol. The largest absolute Gasteiger partial charge is 0.495 e. The number of rotatable bonds is 9. The van der Waals surface area contributed by atoms with Crippen molar-refractivity contribution in [1.29, 1.82) is 0 Å². The molecule has 1 aliphatic rings. The van der Waals surface area contributed by atoms with E-state index in [1.807, 2.05) is 0 Å². The number of methoxy groups -OCH3 is 1. The lowest BCUT2D eigenvalue weighted by Crippen LogP contribution is -2.28. The van der Waals surface area contributed by atoms with Crippen molar-refractivity contribution in [2.45, 2.75) is 30.3 Å². The molecule has 0 atom stereocenters. The molecule has 1 heterocycles. The molecule has 9 nitrogen and oxygen atoms in total.